The minimum Gasteiger partial charge on any atom is -0.467 e. The second kappa shape index (κ2) is 8.40. The number of rotatable bonds is 8. The van der Waals surface area contributed by atoms with Gasteiger partial charge in [0.1, 0.15) is 0 Å². The van der Waals surface area contributed by atoms with Crippen molar-refractivity contribution < 1.29 is 28.6 Å². The quantitative estimate of drug-likeness (QED) is 0.295. The monoisotopic (exact) mass is 383 g/mol. The highest BCUT2D eigenvalue weighted by atomic mass is 35.5. The standard InChI is InChI=1S/C18H22ClNO6/c1-4-9-25-16(22)18(17(23)26-10-5-2)14(15(21)24-3)20(18)13-8-6-7-12(19)11-13/h6-8,11,14H,4-5,9-10H2,1-3H3. The van der Waals surface area contributed by atoms with E-state index in [1.165, 1.54) is 12.0 Å². The van der Waals surface area contributed by atoms with Crippen molar-refractivity contribution in [2.45, 2.75) is 38.3 Å². The molecule has 1 fully saturated rings. The average Bonchev–Trinajstić information content (AvgIpc) is 3.35. The summed E-state index contributed by atoms with van der Waals surface area (Å²) in [5.41, 5.74) is -1.47. The molecule has 0 amide bonds. The van der Waals surface area contributed by atoms with Gasteiger partial charge in [-0.2, -0.15) is 0 Å². The van der Waals surface area contributed by atoms with Gasteiger partial charge in [-0.05, 0) is 31.0 Å². The van der Waals surface area contributed by atoms with Gasteiger partial charge in [0, 0.05) is 10.7 Å². The van der Waals surface area contributed by atoms with Gasteiger partial charge >= 0.3 is 17.9 Å². The van der Waals surface area contributed by atoms with Crippen LogP contribution in [0.5, 0.6) is 0 Å². The number of carbonyl (C=O) groups is 3. The molecular formula is C18H22ClNO6. The Hall–Kier alpha value is -2.28. The Bertz CT molecular complexity index is 672. The minimum absolute atomic E-state index is 0.124. The lowest BCUT2D eigenvalue weighted by atomic mass is 10.1. The molecule has 1 unspecified atom stereocenters. The predicted octanol–water partition coefficient (Wildman–Crippen LogP) is 2.35. The number of nitrogens with zero attached hydrogens (tertiary/aromatic N) is 1. The highest BCUT2D eigenvalue weighted by Crippen LogP contribution is 2.48. The third-order valence-electron chi connectivity index (χ3n) is 3.97. The Kier molecular flexibility index (Phi) is 6.47. The highest BCUT2D eigenvalue weighted by molar-refractivity contribution is 6.31. The van der Waals surface area contributed by atoms with Crippen LogP contribution in [0.25, 0.3) is 0 Å². The molecule has 1 aromatic carbocycles. The van der Waals surface area contributed by atoms with Crippen LogP contribution in [-0.4, -0.2) is 49.8 Å². The summed E-state index contributed by atoms with van der Waals surface area (Å²) in [6.07, 6.45) is 1.15. The van der Waals surface area contributed by atoms with Crippen LogP contribution in [0.1, 0.15) is 26.7 Å². The molecule has 1 heterocycles. The molecular weight excluding hydrogens is 362 g/mol. The topological polar surface area (TPSA) is 81.9 Å². The maximum atomic E-state index is 12.8. The summed E-state index contributed by atoms with van der Waals surface area (Å²) in [6.45, 7) is 3.90. The summed E-state index contributed by atoms with van der Waals surface area (Å²) in [5.74, 6) is -2.40. The van der Waals surface area contributed by atoms with Crippen molar-refractivity contribution in [2.75, 3.05) is 25.2 Å². The molecule has 0 spiro atoms. The summed E-state index contributed by atoms with van der Waals surface area (Å²) >= 11 is 6.02. The van der Waals surface area contributed by atoms with E-state index in [0.29, 0.717) is 23.6 Å². The molecule has 1 aliphatic rings. The van der Waals surface area contributed by atoms with Gasteiger partial charge in [-0.3, -0.25) is 0 Å². The van der Waals surface area contributed by atoms with Gasteiger partial charge in [0.25, 0.3) is 5.54 Å². The van der Waals surface area contributed by atoms with E-state index in [1.807, 2.05) is 13.8 Å². The van der Waals surface area contributed by atoms with Crippen molar-refractivity contribution >= 4 is 35.2 Å². The molecule has 0 bridgehead atoms. The predicted molar refractivity (Wildman–Crippen MR) is 95.0 cm³/mol. The lowest BCUT2D eigenvalue weighted by molar-refractivity contribution is -0.161. The fraction of sp³-hybridized carbons (Fsp3) is 0.500. The van der Waals surface area contributed by atoms with E-state index in [1.54, 1.807) is 24.3 Å². The van der Waals surface area contributed by atoms with E-state index in [0.717, 1.165) is 0 Å². The van der Waals surface area contributed by atoms with Gasteiger partial charge in [-0.15, -0.1) is 0 Å². The van der Waals surface area contributed by atoms with E-state index < -0.39 is 29.5 Å². The van der Waals surface area contributed by atoms with Crippen molar-refractivity contribution in [3.8, 4) is 0 Å². The Morgan fingerprint density at radius 1 is 1.12 bits per heavy atom. The Balaban J connectivity index is 2.49. The Morgan fingerprint density at radius 3 is 2.15 bits per heavy atom. The van der Waals surface area contributed by atoms with Gasteiger partial charge in [-0.1, -0.05) is 31.5 Å². The first-order valence-corrected chi connectivity index (χ1v) is 8.80. The van der Waals surface area contributed by atoms with E-state index in [2.05, 4.69) is 0 Å². The molecule has 0 aromatic heterocycles. The Labute approximate surface area is 157 Å². The minimum atomic E-state index is -1.90. The van der Waals surface area contributed by atoms with Gasteiger partial charge in [-0.25, -0.2) is 14.4 Å². The van der Waals surface area contributed by atoms with Crippen molar-refractivity contribution in [3.05, 3.63) is 29.3 Å². The lowest BCUT2D eigenvalue weighted by Crippen LogP contribution is -2.43. The fourth-order valence-corrected chi connectivity index (χ4v) is 2.96. The van der Waals surface area contributed by atoms with Crippen molar-refractivity contribution in [2.24, 2.45) is 0 Å². The second-order valence-corrected chi connectivity index (χ2v) is 6.25. The number of hydrogen-bond donors (Lipinski definition) is 0. The van der Waals surface area contributed by atoms with Crippen LogP contribution in [0.3, 0.4) is 0 Å². The number of anilines is 1. The smallest absolute Gasteiger partial charge is 0.346 e. The van der Waals surface area contributed by atoms with Crippen LogP contribution in [0.4, 0.5) is 5.69 Å². The first-order valence-electron chi connectivity index (χ1n) is 8.42. The molecule has 0 aliphatic carbocycles. The molecule has 142 valence electrons. The molecule has 26 heavy (non-hydrogen) atoms. The Morgan fingerprint density at radius 2 is 1.69 bits per heavy atom. The number of methoxy groups -OCH3 is 1. The average molecular weight is 384 g/mol. The highest BCUT2D eigenvalue weighted by Gasteiger charge is 2.79. The first kappa shape index (κ1) is 20.0. The summed E-state index contributed by atoms with van der Waals surface area (Å²) in [7, 11) is 1.19. The summed E-state index contributed by atoms with van der Waals surface area (Å²) in [6, 6.07) is 5.33. The van der Waals surface area contributed by atoms with Crippen molar-refractivity contribution in [1.29, 1.82) is 0 Å². The van der Waals surface area contributed by atoms with Crippen molar-refractivity contribution in [3.63, 3.8) is 0 Å². The van der Waals surface area contributed by atoms with E-state index in [4.69, 9.17) is 25.8 Å². The van der Waals surface area contributed by atoms with E-state index in [9.17, 15) is 14.4 Å². The van der Waals surface area contributed by atoms with Crippen LogP contribution in [0.2, 0.25) is 5.02 Å². The number of esters is 3. The fourth-order valence-electron chi connectivity index (χ4n) is 2.77. The molecule has 0 radical (unpaired) electrons. The van der Waals surface area contributed by atoms with Crippen molar-refractivity contribution in [1.82, 2.24) is 0 Å². The molecule has 0 N–H and O–H groups in total. The van der Waals surface area contributed by atoms with Crippen LogP contribution < -0.4 is 4.90 Å². The van der Waals surface area contributed by atoms with Gasteiger partial charge in [0.2, 0.25) is 0 Å². The number of benzene rings is 1. The van der Waals surface area contributed by atoms with Gasteiger partial charge < -0.3 is 19.1 Å². The molecule has 8 heteroatoms. The summed E-state index contributed by atoms with van der Waals surface area (Å²) in [5, 5.41) is 0.399. The maximum absolute atomic E-state index is 12.8. The molecule has 1 atom stereocenters. The number of halogens is 1. The lowest BCUT2D eigenvalue weighted by Gasteiger charge is -2.16. The summed E-state index contributed by atoms with van der Waals surface area (Å²) in [4.78, 5) is 39.2. The van der Waals surface area contributed by atoms with Gasteiger partial charge in [0.15, 0.2) is 6.04 Å². The largest absolute Gasteiger partial charge is 0.467 e. The zero-order valence-electron chi connectivity index (χ0n) is 15.0. The zero-order chi connectivity index (χ0) is 19.3. The maximum Gasteiger partial charge on any atom is 0.346 e. The molecule has 0 saturated carbocycles. The second-order valence-electron chi connectivity index (χ2n) is 5.81. The zero-order valence-corrected chi connectivity index (χ0v) is 15.7. The normalized spacial score (nSPS) is 17.4. The molecule has 2 rings (SSSR count). The third kappa shape index (κ3) is 3.49. The third-order valence-corrected chi connectivity index (χ3v) is 4.21. The van der Waals surface area contributed by atoms with Crippen LogP contribution in [-0.2, 0) is 28.6 Å². The number of hydrogen-bond acceptors (Lipinski definition) is 7. The van der Waals surface area contributed by atoms with Gasteiger partial charge in [0.05, 0.1) is 20.3 Å². The first-order chi connectivity index (χ1) is 12.4. The molecule has 7 nitrogen and oxygen atoms in total. The molecule has 1 saturated heterocycles. The number of carbonyl (C=O) groups excluding carboxylic acids is 3. The van der Waals surface area contributed by atoms with Crippen LogP contribution in [0, 0.1) is 0 Å². The number of ether oxygens (including phenoxy) is 3. The molecule has 1 aromatic rings. The summed E-state index contributed by atoms with van der Waals surface area (Å²) < 4.78 is 15.2. The van der Waals surface area contributed by atoms with E-state index >= 15 is 0 Å². The van der Waals surface area contributed by atoms with Crippen LogP contribution in [0.15, 0.2) is 24.3 Å². The molecule has 1 aliphatic heterocycles. The van der Waals surface area contributed by atoms with E-state index in [-0.39, 0.29) is 13.2 Å². The van der Waals surface area contributed by atoms with Crippen LogP contribution >= 0.6 is 11.6 Å². The SMILES string of the molecule is CCCOC(=O)C1(C(=O)OCCC)C(C(=O)OC)N1c1cccc(Cl)c1.